The zero-order chi connectivity index (χ0) is 19.1. The third-order valence-electron chi connectivity index (χ3n) is 3.33. The number of ether oxygens (including phenoxy) is 2. The molecular formula is C18H16F3NO4. The number of benzene rings is 2. The summed E-state index contributed by atoms with van der Waals surface area (Å²) in [7, 11) is 0. The third-order valence-corrected chi connectivity index (χ3v) is 3.33. The van der Waals surface area contributed by atoms with Crippen LogP contribution in [0.15, 0.2) is 48.5 Å². The third kappa shape index (κ3) is 5.51. The highest BCUT2D eigenvalue weighted by atomic mass is 19.3. The molecule has 2 rings (SSSR count). The number of amides is 1. The lowest BCUT2D eigenvalue weighted by Crippen LogP contribution is -2.30. The summed E-state index contributed by atoms with van der Waals surface area (Å²) in [5.41, 5.74) is 0.149. The van der Waals surface area contributed by atoms with Crippen molar-refractivity contribution in [2.24, 2.45) is 0 Å². The molecular weight excluding hydrogens is 351 g/mol. The van der Waals surface area contributed by atoms with Crippen molar-refractivity contribution in [3.8, 4) is 5.75 Å². The molecule has 0 radical (unpaired) electrons. The maximum Gasteiger partial charge on any atom is 0.387 e. The molecule has 0 aromatic heterocycles. The largest absolute Gasteiger partial charge is 0.452 e. The Morgan fingerprint density at radius 3 is 2.42 bits per heavy atom. The topological polar surface area (TPSA) is 64.6 Å². The lowest BCUT2D eigenvalue weighted by Gasteiger charge is -2.16. The molecule has 138 valence electrons. The second kappa shape index (κ2) is 8.89. The smallest absolute Gasteiger partial charge is 0.387 e. The number of halogens is 3. The van der Waals surface area contributed by atoms with E-state index >= 15 is 0 Å². The fourth-order valence-corrected chi connectivity index (χ4v) is 2.09. The van der Waals surface area contributed by atoms with Gasteiger partial charge < -0.3 is 14.8 Å². The van der Waals surface area contributed by atoms with E-state index in [1.54, 1.807) is 6.07 Å². The first-order chi connectivity index (χ1) is 12.4. The van der Waals surface area contributed by atoms with Crippen molar-refractivity contribution in [2.75, 3.05) is 5.32 Å². The van der Waals surface area contributed by atoms with Gasteiger partial charge >= 0.3 is 12.6 Å². The van der Waals surface area contributed by atoms with Gasteiger partial charge in [0.25, 0.3) is 5.91 Å². The van der Waals surface area contributed by atoms with Crippen molar-refractivity contribution in [2.45, 2.75) is 26.1 Å². The van der Waals surface area contributed by atoms with Gasteiger partial charge in [-0.05, 0) is 30.7 Å². The van der Waals surface area contributed by atoms with E-state index in [4.69, 9.17) is 4.74 Å². The molecule has 0 saturated carbocycles. The number of carbonyl (C=O) groups is 2. The number of hydrogen-bond donors (Lipinski definition) is 1. The Kier molecular flexibility index (Phi) is 6.60. The highest BCUT2D eigenvalue weighted by molar-refractivity contribution is 5.96. The van der Waals surface area contributed by atoms with E-state index < -0.39 is 30.4 Å². The van der Waals surface area contributed by atoms with Crippen LogP contribution in [-0.2, 0) is 20.7 Å². The Bertz CT molecular complexity index is 783. The van der Waals surface area contributed by atoms with Crippen molar-refractivity contribution >= 4 is 17.6 Å². The number of esters is 1. The highest BCUT2D eigenvalue weighted by Gasteiger charge is 2.20. The zero-order valence-electron chi connectivity index (χ0n) is 13.7. The van der Waals surface area contributed by atoms with Crippen LogP contribution in [0.25, 0.3) is 0 Å². The second-order valence-electron chi connectivity index (χ2n) is 5.26. The van der Waals surface area contributed by atoms with Gasteiger partial charge in [0.2, 0.25) is 0 Å². The molecule has 0 aliphatic rings. The molecule has 0 aliphatic carbocycles. The summed E-state index contributed by atoms with van der Waals surface area (Å²) in [4.78, 5) is 24.0. The molecule has 0 saturated heterocycles. The molecule has 1 amide bonds. The van der Waals surface area contributed by atoms with Gasteiger partial charge in [-0.3, -0.25) is 9.59 Å². The molecule has 1 N–H and O–H groups in total. The molecule has 2 aromatic rings. The molecule has 0 aliphatic heterocycles. The fraction of sp³-hybridized carbons (Fsp3) is 0.222. The molecule has 5 nitrogen and oxygen atoms in total. The van der Waals surface area contributed by atoms with Crippen LogP contribution in [-0.4, -0.2) is 24.6 Å². The van der Waals surface area contributed by atoms with E-state index in [0.29, 0.717) is 0 Å². The first-order valence-electron chi connectivity index (χ1n) is 7.64. The molecule has 8 heteroatoms. The Morgan fingerprint density at radius 2 is 1.73 bits per heavy atom. The summed E-state index contributed by atoms with van der Waals surface area (Å²) in [6.45, 7) is -1.74. The van der Waals surface area contributed by atoms with Gasteiger partial charge in [0, 0.05) is 0 Å². The van der Waals surface area contributed by atoms with Crippen molar-refractivity contribution in [3.05, 3.63) is 59.9 Å². The molecule has 0 spiro atoms. The normalized spacial score (nSPS) is 11.7. The van der Waals surface area contributed by atoms with E-state index in [1.165, 1.54) is 49.4 Å². The summed E-state index contributed by atoms with van der Waals surface area (Å²) in [6.07, 6.45) is -1.55. The standard InChI is InChI=1S/C18H16F3NO4/c1-11(25-16(23)10-12-6-2-3-7-13(12)19)17(24)22-14-8-4-5-9-15(14)26-18(20)21/h2-9,11,18H,10H2,1H3,(H,22,24). The molecule has 2 aromatic carbocycles. The van der Waals surface area contributed by atoms with Crippen molar-refractivity contribution in [3.63, 3.8) is 0 Å². The average Bonchev–Trinajstić information content (AvgIpc) is 2.58. The maximum absolute atomic E-state index is 13.5. The minimum absolute atomic E-state index is 0.00908. The maximum atomic E-state index is 13.5. The molecule has 0 fully saturated rings. The van der Waals surface area contributed by atoms with Crippen LogP contribution in [0, 0.1) is 5.82 Å². The molecule has 26 heavy (non-hydrogen) atoms. The van der Waals surface area contributed by atoms with Gasteiger partial charge in [0.15, 0.2) is 6.10 Å². The monoisotopic (exact) mass is 367 g/mol. The quantitative estimate of drug-likeness (QED) is 0.761. The average molecular weight is 367 g/mol. The van der Waals surface area contributed by atoms with Crippen molar-refractivity contribution in [1.29, 1.82) is 0 Å². The van der Waals surface area contributed by atoms with Crippen LogP contribution < -0.4 is 10.1 Å². The lowest BCUT2D eigenvalue weighted by atomic mass is 10.1. The minimum atomic E-state index is -3.05. The summed E-state index contributed by atoms with van der Waals surface area (Å²) >= 11 is 0. The second-order valence-corrected chi connectivity index (χ2v) is 5.26. The predicted octanol–water partition coefficient (Wildman–Crippen LogP) is 3.54. The van der Waals surface area contributed by atoms with E-state index in [1.807, 2.05) is 0 Å². The van der Waals surface area contributed by atoms with E-state index in [2.05, 4.69) is 10.1 Å². The van der Waals surface area contributed by atoms with E-state index in [9.17, 15) is 22.8 Å². The lowest BCUT2D eigenvalue weighted by molar-refractivity contribution is -0.152. The van der Waals surface area contributed by atoms with Gasteiger partial charge in [0.1, 0.15) is 11.6 Å². The van der Waals surface area contributed by atoms with Gasteiger partial charge in [-0.25, -0.2) is 4.39 Å². The predicted molar refractivity (Wildman–Crippen MR) is 87.4 cm³/mol. The van der Waals surface area contributed by atoms with Gasteiger partial charge in [-0.2, -0.15) is 8.78 Å². The number of carbonyl (C=O) groups excluding carboxylic acids is 2. The summed E-state index contributed by atoms with van der Waals surface area (Å²) < 4.78 is 47.5. The summed E-state index contributed by atoms with van der Waals surface area (Å²) in [5, 5.41) is 2.35. The molecule has 1 unspecified atom stereocenters. The number of hydrogen-bond acceptors (Lipinski definition) is 4. The van der Waals surface area contributed by atoms with Gasteiger partial charge in [-0.1, -0.05) is 30.3 Å². The molecule has 1 atom stereocenters. The SMILES string of the molecule is CC(OC(=O)Cc1ccccc1F)C(=O)Nc1ccccc1OC(F)F. The fourth-order valence-electron chi connectivity index (χ4n) is 2.09. The van der Waals surface area contributed by atoms with Crippen LogP contribution in [0.4, 0.5) is 18.9 Å². The number of alkyl halides is 2. The Morgan fingerprint density at radius 1 is 1.08 bits per heavy atom. The van der Waals surface area contributed by atoms with E-state index in [-0.39, 0.29) is 23.4 Å². The number of para-hydroxylation sites is 2. The van der Waals surface area contributed by atoms with E-state index in [0.717, 1.165) is 0 Å². The van der Waals surface area contributed by atoms with Crippen LogP contribution in [0.3, 0.4) is 0 Å². The first kappa shape index (κ1) is 19.3. The Balaban J connectivity index is 1.95. The first-order valence-corrected chi connectivity index (χ1v) is 7.64. The van der Waals surface area contributed by atoms with Crippen LogP contribution >= 0.6 is 0 Å². The van der Waals surface area contributed by atoms with Gasteiger partial charge in [-0.15, -0.1) is 0 Å². The summed E-state index contributed by atoms with van der Waals surface area (Å²) in [6, 6.07) is 11.3. The Labute approximate surface area is 147 Å². The minimum Gasteiger partial charge on any atom is -0.452 e. The Hall–Kier alpha value is -3.03. The highest BCUT2D eigenvalue weighted by Crippen LogP contribution is 2.25. The molecule has 0 heterocycles. The number of nitrogens with one attached hydrogen (secondary N) is 1. The van der Waals surface area contributed by atoms with Crippen LogP contribution in [0.5, 0.6) is 5.75 Å². The zero-order valence-corrected chi connectivity index (χ0v) is 13.7. The van der Waals surface area contributed by atoms with Crippen molar-refractivity contribution in [1.82, 2.24) is 0 Å². The van der Waals surface area contributed by atoms with Crippen LogP contribution in [0.1, 0.15) is 12.5 Å². The van der Waals surface area contributed by atoms with Crippen molar-refractivity contribution < 1.29 is 32.2 Å². The van der Waals surface area contributed by atoms with Crippen LogP contribution in [0.2, 0.25) is 0 Å². The summed E-state index contributed by atoms with van der Waals surface area (Å²) in [5.74, 6) is -2.31. The molecule has 0 bridgehead atoms. The van der Waals surface area contributed by atoms with Gasteiger partial charge in [0.05, 0.1) is 12.1 Å². The number of anilines is 1. The number of rotatable bonds is 7.